The topological polar surface area (TPSA) is 21.3 Å². The number of hydrogen-bond acceptors (Lipinski definition) is 2. The second-order valence-electron chi connectivity index (χ2n) is 5.40. The van der Waals surface area contributed by atoms with E-state index in [9.17, 15) is 0 Å². The van der Waals surface area contributed by atoms with Crippen molar-refractivity contribution in [3.8, 4) is 5.75 Å². The number of benzene rings is 1. The van der Waals surface area contributed by atoms with E-state index in [1.807, 2.05) is 6.92 Å². The molecule has 0 aromatic heterocycles. The number of ether oxygens (including phenoxy) is 1. The van der Waals surface area contributed by atoms with Crippen LogP contribution in [0.5, 0.6) is 5.75 Å². The van der Waals surface area contributed by atoms with Crippen molar-refractivity contribution in [2.45, 2.75) is 46.1 Å². The van der Waals surface area contributed by atoms with Crippen LogP contribution in [0.25, 0.3) is 0 Å². The van der Waals surface area contributed by atoms with Crippen molar-refractivity contribution in [2.75, 3.05) is 13.2 Å². The van der Waals surface area contributed by atoms with Gasteiger partial charge >= 0.3 is 0 Å². The maximum Gasteiger partial charge on any atom is 0.120 e. The monoisotopic (exact) mass is 325 g/mol. The van der Waals surface area contributed by atoms with Gasteiger partial charge in [-0.1, -0.05) is 29.8 Å². The molecule has 0 heterocycles. The van der Waals surface area contributed by atoms with Crippen LogP contribution >= 0.6 is 15.9 Å². The van der Waals surface area contributed by atoms with Gasteiger partial charge in [-0.2, -0.15) is 0 Å². The van der Waals surface area contributed by atoms with E-state index in [0.717, 1.165) is 24.6 Å². The minimum atomic E-state index is 0.453. The molecule has 0 aliphatic heterocycles. The van der Waals surface area contributed by atoms with E-state index in [1.54, 1.807) is 0 Å². The highest BCUT2D eigenvalue weighted by atomic mass is 79.9. The molecule has 0 saturated carbocycles. The molecule has 1 aliphatic carbocycles. The Morgan fingerprint density at radius 2 is 2.16 bits per heavy atom. The predicted molar refractivity (Wildman–Crippen MR) is 83.8 cm³/mol. The van der Waals surface area contributed by atoms with E-state index in [4.69, 9.17) is 4.74 Å². The summed E-state index contributed by atoms with van der Waals surface area (Å²) in [7, 11) is 0. The Balaban J connectivity index is 2.41. The van der Waals surface area contributed by atoms with Gasteiger partial charge in [-0.3, -0.25) is 0 Å². The van der Waals surface area contributed by atoms with Gasteiger partial charge in [0.25, 0.3) is 0 Å². The fourth-order valence-electron chi connectivity index (χ4n) is 2.93. The summed E-state index contributed by atoms with van der Waals surface area (Å²) in [4.78, 5) is 0. The van der Waals surface area contributed by atoms with Crippen molar-refractivity contribution in [2.24, 2.45) is 5.92 Å². The van der Waals surface area contributed by atoms with E-state index in [0.29, 0.717) is 12.6 Å². The normalized spacial score (nSPS) is 22.7. The van der Waals surface area contributed by atoms with E-state index < -0.39 is 0 Å². The highest BCUT2D eigenvalue weighted by Gasteiger charge is 2.24. The zero-order chi connectivity index (χ0) is 13.8. The Kier molecular flexibility index (Phi) is 5.28. The molecule has 0 saturated heterocycles. The molecule has 1 aromatic rings. The van der Waals surface area contributed by atoms with Gasteiger partial charge in [0.05, 0.1) is 6.61 Å². The molecule has 106 valence electrons. The Morgan fingerprint density at radius 1 is 1.37 bits per heavy atom. The summed E-state index contributed by atoms with van der Waals surface area (Å²) >= 11 is 3.73. The molecule has 1 aromatic carbocycles. The molecular formula is C16H24BrNO. The van der Waals surface area contributed by atoms with E-state index >= 15 is 0 Å². The van der Waals surface area contributed by atoms with Gasteiger partial charge in [-0.05, 0) is 61.9 Å². The standard InChI is InChI=1S/C16H24BrNO/c1-4-18-16-8-11(3)6-7-13-14(16)9-12(19-5-2)10-15(13)17/h9-11,16,18H,4-8H2,1-3H3. The van der Waals surface area contributed by atoms with E-state index in [2.05, 4.69) is 47.2 Å². The van der Waals surface area contributed by atoms with Crippen LogP contribution in [0, 0.1) is 5.92 Å². The zero-order valence-corrected chi connectivity index (χ0v) is 13.7. The number of fused-ring (bicyclic) bond motifs is 1. The number of nitrogens with one attached hydrogen (secondary N) is 1. The first-order valence-corrected chi connectivity index (χ1v) is 8.13. The van der Waals surface area contributed by atoms with Crippen LogP contribution in [0.1, 0.15) is 50.8 Å². The molecule has 0 fully saturated rings. The molecule has 1 aliphatic rings. The summed E-state index contributed by atoms with van der Waals surface area (Å²) in [6.07, 6.45) is 3.63. The average molecular weight is 326 g/mol. The van der Waals surface area contributed by atoms with Crippen molar-refractivity contribution in [1.82, 2.24) is 5.32 Å². The fraction of sp³-hybridized carbons (Fsp3) is 0.625. The van der Waals surface area contributed by atoms with Gasteiger partial charge in [-0.25, -0.2) is 0 Å². The Labute approximate surface area is 125 Å². The van der Waals surface area contributed by atoms with Gasteiger partial charge in [0.1, 0.15) is 5.75 Å². The van der Waals surface area contributed by atoms with Crippen molar-refractivity contribution < 1.29 is 4.74 Å². The van der Waals surface area contributed by atoms with Crippen LogP contribution in [0.3, 0.4) is 0 Å². The first kappa shape index (κ1) is 14.9. The first-order valence-electron chi connectivity index (χ1n) is 7.34. The van der Waals surface area contributed by atoms with Crippen molar-refractivity contribution in [1.29, 1.82) is 0 Å². The third-order valence-electron chi connectivity index (χ3n) is 3.87. The van der Waals surface area contributed by atoms with Crippen LogP contribution in [0.4, 0.5) is 0 Å². The van der Waals surface area contributed by atoms with Gasteiger partial charge in [-0.15, -0.1) is 0 Å². The van der Waals surface area contributed by atoms with E-state index in [-0.39, 0.29) is 0 Å². The number of halogens is 1. The maximum absolute atomic E-state index is 5.69. The summed E-state index contributed by atoms with van der Waals surface area (Å²) < 4.78 is 6.89. The van der Waals surface area contributed by atoms with Gasteiger partial charge in [0.2, 0.25) is 0 Å². The minimum Gasteiger partial charge on any atom is -0.494 e. The van der Waals surface area contributed by atoms with Gasteiger partial charge in [0.15, 0.2) is 0 Å². The summed E-state index contributed by atoms with van der Waals surface area (Å²) in [5, 5.41) is 3.63. The summed E-state index contributed by atoms with van der Waals surface area (Å²) in [6, 6.07) is 4.80. The number of hydrogen-bond donors (Lipinski definition) is 1. The Morgan fingerprint density at radius 3 is 2.84 bits per heavy atom. The van der Waals surface area contributed by atoms with Crippen LogP contribution in [-0.4, -0.2) is 13.2 Å². The molecule has 2 unspecified atom stereocenters. The van der Waals surface area contributed by atoms with Crippen LogP contribution < -0.4 is 10.1 Å². The molecule has 2 atom stereocenters. The second-order valence-corrected chi connectivity index (χ2v) is 6.25. The quantitative estimate of drug-likeness (QED) is 0.824. The molecule has 2 nitrogen and oxygen atoms in total. The molecular weight excluding hydrogens is 302 g/mol. The van der Waals surface area contributed by atoms with E-state index in [1.165, 1.54) is 28.4 Å². The predicted octanol–water partition coefficient (Wildman–Crippen LogP) is 4.47. The third kappa shape index (κ3) is 3.51. The molecule has 0 spiro atoms. The Bertz CT molecular complexity index is 433. The first-order chi connectivity index (χ1) is 9.15. The molecule has 19 heavy (non-hydrogen) atoms. The highest BCUT2D eigenvalue weighted by Crippen LogP contribution is 2.38. The van der Waals surface area contributed by atoms with Crippen molar-refractivity contribution in [3.63, 3.8) is 0 Å². The molecule has 0 bridgehead atoms. The maximum atomic E-state index is 5.69. The smallest absolute Gasteiger partial charge is 0.120 e. The average Bonchev–Trinajstić information content (AvgIpc) is 2.51. The molecule has 2 rings (SSSR count). The zero-order valence-electron chi connectivity index (χ0n) is 12.1. The van der Waals surface area contributed by atoms with Crippen molar-refractivity contribution >= 4 is 15.9 Å². The lowest BCUT2D eigenvalue weighted by molar-refractivity contribution is 0.338. The SMILES string of the molecule is CCNC1CC(C)CCc2c(Br)cc(OCC)cc21. The Hall–Kier alpha value is -0.540. The lowest BCUT2D eigenvalue weighted by Gasteiger charge is -2.21. The molecule has 3 heteroatoms. The second kappa shape index (κ2) is 6.76. The fourth-order valence-corrected chi connectivity index (χ4v) is 3.59. The van der Waals surface area contributed by atoms with Crippen LogP contribution in [0.15, 0.2) is 16.6 Å². The van der Waals surface area contributed by atoms with Crippen molar-refractivity contribution in [3.05, 3.63) is 27.7 Å². The molecule has 0 amide bonds. The summed E-state index contributed by atoms with van der Waals surface area (Å²) in [5.41, 5.74) is 2.88. The van der Waals surface area contributed by atoms with Crippen LogP contribution in [0.2, 0.25) is 0 Å². The highest BCUT2D eigenvalue weighted by molar-refractivity contribution is 9.10. The lowest BCUT2D eigenvalue weighted by atomic mass is 9.97. The summed E-state index contributed by atoms with van der Waals surface area (Å²) in [6.45, 7) is 8.29. The van der Waals surface area contributed by atoms with Crippen LogP contribution in [-0.2, 0) is 6.42 Å². The minimum absolute atomic E-state index is 0.453. The van der Waals surface area contributed by atoms with Gasteiger partial charge in [0, 0.05) is 10.5 Å². The third-order valence-corrected chi connectivity index (χ3v) is 4.57. The molecule has 1 N–H and O–H groups in total. The largest absolute Gasteiger partial charge is 0.494 e. The lowest BCUT2D eigenvalue weighted by Crippen LogP contribution is -2.22. The summed E-state index contributed by atoms with van der Waals surface area (Å²) in [5.74, 6) is 1.74. The van der Waals surface area contributed by atoms with Gasteiger partial charge < -0.3 is 10.1 Å². The molecule has 0 radical (unpaired) electrons. The number of rotatable bonds is 4.